The summed E-state index contributed by atoms with van der Waals surface area (Å²) in [6.07, 6.45) is -0.420. The van der Waals surface area contributed by atoms with Crippen molar-refractivity contribution in [1.82, 2.24) is 0 Å². The minimum atomic E-state index is -0.509. The second kappa shape index (κ2) is 12.1. The molecule has 0 spiro atoms. The van der Waals surface area contributed by atoms with Crippen molar-refractivity contribution in [2.75, 3.05) is 11.8 Å². The zero-order valence-electron chi connectivity index (χ0n) is 11.2. The molecule has 0 atom stereocenters. The molecule has 0 radical (unpaired) electrons. The molecule has 5 nitrogen and oxygen atoms in total. The van der Waals surface area contributed by atoms with Gasteiger partial charge in [-0.3, -0.25) is 19.2 Å². The van der Waals surface area contributed by atoms with Gasteiger partial charge in [-0.15, -0.1) is 23.2 Å². The van der Waals surface area contributed by atoms with Crippen molar-refractivity contribution in [2.45, 2.75) is 39.7 Å². The molecule has 0 rings (SSSR count). The lowest BCUT2D eigenvalue weighted by atomic mass is 10.2. The van der Waals surface area contributed by atoms with Crippen molar-refractivity contribution in [3.8, 4) is 0 Å². The van der Waals surface area contributed by atoms with Crippen molar-refractivity contribution in [2.24, 2.45) is 0 Å². The summed E-state index contributed by atoms with van der Waals surface area (Å²) in [5, 5.41) is 0. The summed E-state index contributed by atoms with van der Waals surface area (Å²) in [4.78, 5) is 41.7. The van der Waals surface area contributed by atoms with Crippen molar-refractivity contribution in [1.29, 1.82) is 0 Å². The van der Waals surface area contributed by atoms with Crippen LogP contribution in [0.25, 0.3) is 0 Å². The molecule has 0 unspecified atom stereocenters. The minimum absolute atomic E-state index is 0.0243. The van der Waals surface area contributed by atoms with E-state index in [-0.39, 0.29) is 48.1 Å². The number of carbonyl (C=O) groups excluding carboxylic acids is 4. The Bertz CT molecular complexity index is 326. The van der Waals surface area contributed by atoms with Gasteiger partial charge >= 0.3 is 5.97 Å². The van der Waals surface area contributed by atoms with Crippen LogP contribution < -0.4 is 0 Å². The van der Waals surface area contributed by atoms with E-state index in [2.05, 4.69) is 0 Å². The average molecular weight is 313 g/mol. The Kier molecular flexibility index (Phi) is 13.0. The quantitative estimate of drug-likeness (QED) is 0.407. The number of ketones is 3. The second-order valence-electron chi connectivity index (χ2n) is 3.94. The molecule has 0 aliphatic heterocycles. The monoisotopic (exact) mass is 312 g/mol. The SMILES string of the molecule is CC(=O)CC(=O)CCl.CC(C)OC(=O)CC(=O)CCl. The molecule has 7 heteroatoms. The highest BCUT2D eigenvalue weighted by molar-refractivity contribution is 6.29. The molecular formula is C12H18Cl2O5. The molecule has 0 fully saturated rings. The first kappa shape index (κ1) is 20.4. The van der Waals surface area contributed by atoms with Gasteiger partial charge in [-0.05, 0) is 20.8 Å². The van der Waals surface area contributed by atoms with Crippen LogP contribution in [-0.2, 0) is 23.9 Å². The third-order valence-electron chi connectivity index (χ3n) is 1.45. The summed E-state index contributed by atoms with van der Waals surface area (Å²) in [7, 11) is 0. The van der Waals surface area contributed by atoms with Gasteiger partial charge < -0.3 is 4.74 Å². The minimum Gasteiger partial charge on any atom is -0.463 e. The summed E-state index contributed by atoms with van der Waals surface area (Å²) >= 11 is 10.3. The summed E-state index contributed by atoms with van der Waals surface area (Å²) in [6.45, 7) is 4.82. The first-order valence-electron chi connectivity index (χ1n) is 5.57. The number of halogens is 2. The zero-order chi connectivity index (χ0) is 15.4. The molecule has 0 amide bonds. The highest BCUT2D eigenvalue weighted by atomic mass is 35.5. The summed E-state index contributed by atoms with van der Waals surface area (Å²) < 4.78 is 4.70. The zero-order valence-corrected chi connectivity index (χ0v) is 12.7. The van der Waals surface area contributed by atoms with Crippen molar-refractivity contribution < 1.29 is 23.9 Å². The standard InChI is InChI=1S/C7H11ClO3.C5H7ClO2/c1-5(2)11-7(10)3-6(9)4-8;1-4(7)2-5(8)3-6/h5H,3-4H2,1-2H3;2-3H2,1H3. The lowest BCUT2D eigenvalue weighted by Gasteiger charge is -2.05. The smallest absolute Gasteiger partial charge is 0.313 e. The van der Waals surface area contributed by atoms with Crippen LogP contribution in [0.2, 0.25) is 0 Å². The fourth-order valence-electron chi connectivity index (χ4n) is 0.838. The summed E-state index contributed by atoms with van der Waals surface area (Å²) in [5.74, 6) is -1.34. The van der Waals surface area contributed by atoms with Crippen LogP contribution in [-0.4, -0.2) is 41.2 Å². The molecule has 0 saturated heterocycles. The van der Waals surface area contributed by atoms with Crippen molar-refractivity contribution in [3.63, 3.8) is 0 Å². The van der Waals surface area contributed by atoms with E-state index in [1.807, 2.05) is 0 Å². The van der Waals surface area contributed by atoms with Gasteiger partial charge in [-0.1, -0.05) is 0 Å². The summed E-state index contributed by atoms with van der Waals surface area (Å²) in [5.41, 5.74) is 0. The maximum absolute atomic E-state index is 10.7. The molecule has 0 aliphatic rings. The first-order chi connectivity index (χ1) is 8.72. The van der Waals surface area contributed by atoms with Crippen LogP contribution in [0.5, 0.6) is 0 Å². The van der Waals surface area contributed by atoms with E-state index in [9.17, 15) is 19.2 Å². The fourth-order valence-corrected chi connectivity index (χ4v) is 1.03. The molecule has 0 aromatic rings. The number of esters is 1. The number of carbonyl (C=O) groups is 4. The van der Waals surface area contributed by atoms with Gasteiger partial charge in [0.15, 0.2) is 11.6 Å². The highest BCUT2D eigenvalue weighted by Gasteiger charge is 2.10. The Morgan fingerprint density at radius 2 is 1.37 bits per heavy atom. The Morgan fingerprint density at radius 1 is 0.947 bits per heavy atom. The highest BCUT2D eigenvalue weighted by Crippen LogP contribution is 1.95. The molecular weight excluding hydrogens is 295 g/mol. The van der Waals surface area contributed by atoms with Crippen LogP contribution in [0.4, 0.5) is 0 Å². The molecule has 0 saturated carbocycles. The first-order valence-corrected chi connectivity index (χ1v) is 6.64. The predicted octanol–water partition coefficient (Wildman–Crippen LogP) is 1.91. The van der Waals surface area contributed by atoms with E-state index < -0.39 is 5.97 Å². The number of hydrogen-bond acceptors (Lipinski definition) is 5. The van der Waals surface area contributed by atoms with Crippen molar-refractivity contribution >= 4 is 46.5 Å². The lowest BCUT2D eigenvalue weighted by Crippen LogP contribution is -2.15. The van der Waals surface area contributed by atoms with Crippen LogP contribution >= 0.6 is 23.2 Å². The maximum atomic E-state index is 10.7. The number of rotatable bonds is 7. The third kappa shape index (κ3) is 17.1. The molecule has 0 aliphatic carbocycles. The van der Waals surface area contributed by atoms with E-state index >= 15 is 0 Å². The number of hydrogen-bond donors (Lipinski definition) is 0. The topological polar surface area (TPSA) is 77.5 Å². The second-order valence-corrected chi connectivity index (χ2v) is 4.47. The molecule has 19 heavy (non-hydrogen) atoms. The van der Waals surface area contributed by atoms with E-state index in [4.69, 9.17) is 27.9 Å². The van der Waals surface area contributed by atoms with E-state index in [1.54, 1.807) is 13.8 Å². The third-order valence-corrected chi connectivity index (χ3v) is 2.05. The molecule has 0 heterocycles. The van der Waals surface area contributed by atoms with Crippen LogP contribution in [0.3, 0.4) is 0 Å². The van der Waals surface area contributed by atoms with Crippen LogP contribution in [0.1, 0.15) is 33.6 Å². The lowest BCUT2D eigenvalue weighted by molar-refractivity contribution is -0.149. The van der Waals surface area contributed by atoms with Gasteiger partial charge in [0.2, 0.25) is 0 Å². The van der Waals surface area contributed by atoms with E-state index in [0.717, 1.165) is 0 Å². The Hall–Kier alpha value is -0.940. The van der Waals surface area contributed by atoms with Gasteiger partial charge in [0.25, 0.3) is 0 Å². The van der Waals surface area contributed by atoms with E-state index in [1.165, 1.54) is 6.92 Å². The molecule has 0 N–H and O–H groups in total. The van der Waals surface area contributed by atoms with Crippen LogP contribution in [0, 0.1) is 0 Å². The molecule has 110 valence electrons. The molecule has 0 aromatic carbocycles. The number of ether oxygens (including phenoxy) is 1. The molecule has 0 bridgehead atoms. The fraction of sp³-hybridized carbons (Fsp3) is 0.667. The van der Waals surface area contributed by atoms with Gasteiger partial charge in [0.1, 0.15) is 12.2 Å². The Morgan fingerprint density at radius 3 is 1.63 bits per heavy atom. The normalized spacial score (nSPS) is 9.37. The van der Waals surface area contributed by atoms with Gasteiger partial charge in [0, 0.05) is 0 Å². The maximum Gasteiger partial charge on any atom is 0.313 e. The predicted molar refractivity (Wildman–Crippen MR) is 72.6 cm³/mol. The van der Waals surface area contributed by atoms with Gasteiger partial charge in [-0.25, -0.2) is 0 Å². The average Bonchev–Trinajstić information content (AvgIpc) is 2.27. The van der Waals surface area contributed by atoms with Crippen molar-refractivity contribution in [3.05, 3.63) is 0 Å². The largest absolute Gasteiger partial charge is 0.463 e. The molecule has 0 aromatic heterocycles. The van der Waals surface area contributed by atoms with E-state index in [0.29, 0.717) is 0 Å². The van der Waals surface area contributed by atoms with Gasteiger partial charge in [0.05, 0.1) is 24.3 Å². The van der Waals surface area contributed by atoms with Gasteiger partial charge in [-0.2, -0.15) is 0 Å². The van der Waals surface area contributed by atoms with Crippen LogP contribution in [0.15, 0.2) is 0 Å². The number of Topliss-reactive ketones (excluding diaryl/α,β-unsaturated/α-hetero) is 3. The Labute approximate surface area is 122 Å². The Balaban J connectivity index is 0. The summed E-state index contributed by atoms with van der Waals surface area (Å²) in [6, 6.07) is 0. The number of alkyl halides is 2.